The second kappa shape index (κ2) is 5.44. The Morgan fingerprint density at radius 1 is 1.05 bits per heavy atom. The van der Waals surface area contributed by atoms with Crippen LogP contribution in [0.2, 0.25) is 0 Å². The fourth-order valence-corrected chi connectivity index (χ4v) is 1.75. The van der Waals surface area contributed by atoms with E-state index >= 15 is 0 Å². The van der Waals surface area contributed by atoms with Crippen molar-refractivity contribution in [3.8, 4) is 11.5 Å². The van der Waals surface area contributed by atoms with Crippen LogP contribution in [0.3, 0.4) is 0 Å². The summed E-state index contributed by atoms with van der Waals surface area (Å²) in [5, 5.41) is 18.6. The van der Waals surface area contributed by atoms with Crippen LogP contribution in [0, 0.1) is 0 Å². The fraction of sp³-hybridized carbons (Fsp3) is 0.133. The summed E-state index contributed by atoms with van der Waals surface area (Å²) in [4.78, 5) is 13.6. The largest absolute Gasteiger partial charge is 0.508 e. The lowest BCUT2D eigenvalue weighted by atomic mass is 10.1. The standard InChI is InChI=1S/C15H15NO3/c1-16(12-3-2-4-14(18)10-12)15(19)9-11-5-7-13(17)8-6-11/h2-8,10,17-18H,9H2,1H3. The summed E-state index contributed by atoms with van der Waals surface area (Å²) in [6, 6.07) is 13.1. The number of benzene rings is 2. The predicted octanol–water partition coefficient (Wildman–Crippen LogP) is 2.30. The van der Waals surface area contributed by atoms with Crippen molar-refractivity contribution in [2.75, 3.05) is 11.9 Å². The molecule has 2 aromatic rings. The molecule has 2 N–H and O–H groups in total. The first-order valence-corrected chi connectivity index (χ1v) is 5.90. The van der Waals surface area contributed by atoms with Crippen LogP contribution in [0.1, 0.15) is 5.56 Å². The van der Waals surface area contributed by atoms with E-state index in [0.717, 1.165) is 5.56 Å². The lowest BCUT2D eigenvalue weighted by molar-refractivity contribution is -0.117. The number of carbonyl (C=O) groups excluding carboxylic acids is 1. The van der Waals surface area contributed by atoms with Gasteiger partial charge in [-0.05, 0) is 29.8 Å². The molecule has 0 aliphatic carbocycles. The number of nitrogens with zero attached hydrogens (tertiary/aromatic N) is 1. The number of likely N-dealkylation sites (N-methyl/N-ethyl adjacent to an activating group) is 1. The SMILES string of the molecule is CN(C(=O)Cc1ccc(O)cc1)c1cccc(O)c1. The Morgan fingerprint density at radius 2 is 1.74 bits per heavy atom. The van der Waals surface area contributed by atoms with Gasteiger partial charge in [-0.2, -0.15) is 0 Å². The molecular weight excluding hydrogens is 242 g/mol. The average Bonchev–Trinajstić information content (AvgIpc) is 2.40. The third-order valence-electron chi connectivity index (χ3n) is 2.88. The highest BCUT2D eigenvalue weighted by molar-refractivity contribution is 5.94. The number of hydrogen-bond acceptors (Lipinski definition) is 3. The Labute approximate surface area is 111 Å². The molecule has 0 saturated carbocycles. The van der Waals surface area contributed by atoms with Gasteiger partial charge in [-0.3, -0.25) is 4.79 Å². The number of carbonyl (C=O) groups is 1. The van der Waals surface area contributed by atoms with Gasteiger partial charge >= 0.3 is 0 Å². The third-order valence-corrected chi connectivity index (χ3v) is 2.88. The molecule has 0 heterocycles. The number of phenolic OH excluding ortho intramolecular Hbond substituents is 2. The number of aromatic hydroxyl groups is 2. The molecule has 98 valence electrons. The molecule has 0 aliphatic rings. The first kappa shape index (κ1) is 13.0. The van der Waals surface area contributed by atoms with Crippen LogP contribution >= 0.6 is 0 Å². The Morgan fingerprint density at radius 3 is 2.37 bits per heavy atom. The van der Waals surface area contributed by atoms with Crippen LogP contribution in [-0.2, 0) is 11.2 Å². The Balaban J connectivity index is 2.09. The Bertz CT molecular complexity index is 578. The molecule has 0 atom stereocenters. The van der Waals surface area contributed by atoms with Gasteiger partial charge in [-0.15, -0.1) is 0 Å². The minimum absolute atomic E-state index is 0.0868. The minimum atomic E-state index is -0.0868. The second-order valence-electron chi connectivity index (χ2n) is 4.32. The summed E-state index contributed by atoms with van der Waals surface area (Å²) in [5.41, 5.74) is 1.47. The van der Waals surface area contributed by atoms with Gasteiger partial charge in [-0.1, -0.05) is 18.2 Å². The quantitative estimate of drug-likeness (QED) is 0.887. The van der Waals surface area contributed by atoms with Crippen molar-refractivity contribution in [3.63, 3.8) is 0 Å². The fourth-order valence-electron chi connectivity index (χ4n) is 1.75. The highest BCUT2D eigenvalue weighted by Crippen LogP contribution is 2.20. The van der Waals surface area contributed by atoms with Crippen molar-refractivity contribution in [2.45, 2.75) is 6.42 Å². The molecular formula is C15H15NO3. The molecule has 0 radical (unpaired) electrons. The van der Waals surface area contributed by atoms with Crippen molar-refractivity contribution in [2.24, 2.45) is 0 Å². The van der Waals surface area contributed by atoms with Crippen LogP contribution in [0.15, 0.2) is 48.5 Å². The van der Waals surface area contributed by atoms with Gasteiger partial charge in [0.2, 0.25) is 5.91 Å². The van der Waals surface area contributed by atoms with E-state index < -0.39 is 0 Å². The Kier molecular flexibility index (Phi) is 3.71. The van der Waals surface area contributed by atoms with Gasteiger partial charge in [0.25, 0.3) is 0 Å². The normalized spacial score (nSPS) is 10.2. The van der Waals surface area contributed by atoms with E-state index in [2.05, 4.69) is 0 Å². The molecule has 0 spiro atoms. The van der Waals surface area contributed by atoms with Crippen molar-refractivity contribution in [1.82, 2.24) is 0 Å². The number of amides is 1. The van der Waals surface area contributed by atoms with Gasteiger partial charge in [0.15, 0.2) is 0 Å². The van der Waals surface area contributed by atoms with Crippen LogP contribution in [-0.4, -0.2) is 23.2 Å². The van der Waals surface area contributed by atoms with E-state index in [-0.39, 0.29) is 23.8 Å². The maximum absolute atomic E-state index is 12.1. The first-order chi connectivity index (χ1) is 9.06. The molecule has 0 fully saturated rings. The number of anilines is 1. The average molecular weight is 257 g/mol. The molecule has 0 aliphatic heterocycles. The summed E-state index contributed by atoms with van der Waals surface area (Å²) in [6.45, 7) is 0. The molecule has 2 rings (SSSR count). The van der Waals surface area contributed by atoms with Crippen molar-refractivity contribution >= 4 is 11.6 Å². The zero-order valence-corrected chi connectivity index (χ0v) is 10.6. The van der Waals surface area contributed by atoms with E-state index in [1.165, 1.54) is 11.0 Å². The van der Waals surface area contributed by atoms with Gasteiger partial charge in [0, 0.05) is 18.8 Å². The van der Waals surface area contributed by atoms with Crippen molar-refractivity contribution in [1.29, 1.82) is 0 Å². The molecule has 1 amide bonds. The molecule has 0 unspecified atom stereocenters. The maximum Gasteiger partial charge on any atom is 0.231 e. The van der Waals surface area contributed by atoms with E-state index in [9.17, 15) is 15.0 Å². The zero-order valence-electron chi connectivity index (χ0n) is 10.6. The van der Waals surface area contributed by atoms with Crippen molar-refractivity contribution in [3.05, 3.63) is 54.1 Å². The molecule has 0 bridgehead atoms. The van der Waals surface area contributed by atoms with Crippen LogP contribution in [0.4, 0.5) is 5.69 Å². The molecule has 0 saturated heterocycles. The van der Waals surface area contributed by atoms with E-state index in [4.69, 9.17) is 0 Å². The molecule has 0 aromatic heterocycles. The molecule has 2 aromatic carbocycles. The summed E-state index contributed by atoms with van der Waals surface area (Å²) >= 11 is 0. The maximum atomic E-state index is 12.1. The zero-order chi connectivity index (χ0) is 13.8. The summed E-state index contributed by atoms with van der Waals surface area (Å²) in [7, 11) is 1.66. The van der Waals surface area contributed by atoms with E-state index in [1.807, 2.05) is 0 Å². The summed E-state index contributed by atoms with van der Waals surface area (Å²) in [6.07, 6.45) is 0.242. The lowest BCUT2D eigenvalue weighted by Gasteiger charge is -2.17. The van der Waals surface area contributed by atoms with Gasteiger partial charge in [0.1, 0.15) is 11.5 Å². The number of rotatable bonds is 3. The second-order valence-corrected chi connectivity index (χ2v) is 4.32. The van der Waals surface area contributed by atoms with Crippen LogP contribution in [0.25, 0.3) is 0 Å². The predicted molar refractivity (Wildman–Crippen MR) is 73.3 cm³/mol. The smallest absolute Gasteiger partial charge is 0.231 e. The summed E-state index contributed by atoms with van der Waals surface area (Å²) in [5.74, 6) is 0.218. The monoisotopic (exact) mass is 257 g/mol. The molecule has 4 heteroatoms. The summed E-state index contributed by atoms with van der Waals surface area (Å²) < 4.78 is 0. The van der Waals surface area contributed by atoms with Gasteiger partial charge < -0.3 is 15.1 Å². The highest BCUT2D eigenvalue weighted by atomic mass is 16.3. The van der Waals surface area contributed by atoms with E-state index in [0.29, 0.717) is 5.69 Å². The van der Waals surface area contributed by atoms with Gasteiger partial charge in [-0.25, -0.2) is 0 Å². The lowest BCUT2D eigenvalue weighted by Crippen LogP contribution is -2.27. The minimum Gasteiger partial charge on any atom is -0.508 e. The third kappa shape index (κ3) is 3.25. The highest BCUT2D eigenvalue weighted by Gasteiger charge is 2.12. The Hall–Kier alpha value is -2.49. The molecule has 4 nitrogen and oxygen atoms in total. The van der Waals surface area contributed by atoms with Crippen LogP contribution < -0.4 is 4.90 Å². The number of hydrogen-bond donors (Lipinski definition) is 2. The van der Waals surface area contributed by atoms with Crippen molar-refractivity contribution < 1.29 is 15.0 Å². The first-order valence-electron chi connectivity index (χ1n) is 5.90. The van der Waals surface area contributed by atoms with Crippen LogP contribution in [0.5, 0.6) is 11.5 Å². The van der Waals surface area contributed by atoms with Gasteiger partial charge in [0.05, 0.1) is 6.42 Å². The topological polar surface area (TPSA) is 60.8 Å². The molecule has 19 heavy (non-hydrogen) atoms. The number of phenols is 2. The van der Waals surface area contributed by atoms with E-state index in [1.54, 1.807) is 49.5 Å².